The van der Waals surface area contributed by atoms with Crippen LogP contribution in [0.2, 0.25) is 0 Å². The molecule has 1 nitrogen and oxygen atoms in total. The highest BCUT2D eigenvalue weighted by molar-refractivity contribution is 7.08. The van der Waals surface area contributed by atoms with Crippen LogP contribution in [0.1, 0.15) is 63.4 Å². The number of hydrogen-bond acceptors (Lipinski definition) is 2. The normalized spacial score (nSPS) is 34.6. The van der Waals surface area contributed by atoms with Gasteiger partial charge in [-0.15, -0.1) is 0 Å². The van der Waals surface area contributed by atoms with E-state index in [0.717, 1.165) is 11.8 Å². The van der Waals surface area contributed by atoms with Gasteiger partial charge in [-0.1, -0.05) is 44.9 Å². The standard InChI is InChI=1S/C16H25NS/c17-16(14-9-11-18-12-14)10-5-4-8-15(16)13-6-2-1-3-7-13/h9,11-13,15H,1-8,10,17H2. The highest BCUT2D eigenvalue weighted by Gasteiger charge is 2.42. The van der Waals surface area contributed by atoms with Gasteiger partial charge in [-0.2, -0.15) is 11.3 Å². The second kappa shape index (κ2) is 5.34. The molecule has 0 saturated heterocycles. The third-order valence-electron chi connectivity index (χ3n) is 5.29. The van der Waals surface area contributed by atoms with E-state index in [-0.39, 0.29) is 5.54 Å². The zero-order valence-electron chi connectivity index (χ0n) is 11.2. The molecule has 0 radical (unpaired) electrons. The van der Waals surface area contributed by atoms with Gasteiger partial charge in [0.25, 0.3) is 0 Å². The minimum atomic E-state index is -0.0136. The summed E-state index contributed by atoms with van der Waals surface area (Å²) in [6, 6.07) is 2.27. The topological polar surface area (TPSA) is 26.0 Å². The van der Waals surface area contributed by atoms with Crippen LogP contribution in [0.25, 0.3) is 0 Å². The van der Waals surface area contributed by atoms with Crippen molar-refractivity contribution in [2.24, 2.45) is 17.6 Å². The molecule has 0 aliphatic heterocycles. The molecule has 3 rings (SSSR count). The third kappa shape index (κ3) is 2.25. The van der Waals surface area contributed by atoms with E-state index >= 15 is 0 Å². The Morgan fingerprint density at radius 3 is 2.56 bits per heavy atom. The molecule has 2 atom stereocenters. The molecular weight excluding hydrogens is 238 g/mol. The van der Waals surface area contributed by atoms with E-state index in [9.17, 15) is 0 Å². The van der Waals surface area contributed by atoms with Gasteiger partial charge in [0.2, 0.25) is 0 Å². The monoisotopic (exact) mass is 263 g/mol. The van der Waals surface area contributed by atoms with Gasteiger partial charge in [-0.3, -0.25) is 0 Å². The van der Waals surface area contributed by atoms with E-state index in [2.05, 4.69) is 16.8 Å². The Kier molecular flexibility index (Phi) is 3.76. The fourth-order valence-electron chi connectivity index (χ4n) is 4.31. The Bertz CT molecular complexity index is 366. The van der Waals surface area contributed by atoms with E-state index in [4.69, 9.17) is 5.73 Å². The molecule has 100 valence electrons. The van der Waals surface area contributed by atoms with Gasteiger partial charge in [0.15, 0.2) is 0 Å². The van der Waals surface area contributed by atoms with Crippen LogP contribution in [-0.2, 0) is 5.54 Å². The van der Waals surface area contributed by atoms with E-state index < -0.39 is 0 Å². The second-order valence-corrected chi connectivity index (χ2v) is 7.08. The predicted molar refractivity (Wildman–Crippen MR) is 78.7 cm³/mol. The largest absolute Gasteiger partial charge is 0.321 e. The minimum Gasteiger partial charge on any atom is -0.321 e. The molecular formula is C16H25NS. The van der Waals surface area contributed by atoms with Gasteiger partial charge in [0.1, 0.15) is 0 Å². The first-order valence-electron chi connectivity index (χ1n) is 7.62. The summed E-state index contributed by atoms with van der Waals surface area (Å²) in [7, 11) is 0. The number of thiophene rings is 1. The summed E-state index contributed by atoms with van der Waals surface area (Å²) in [5, 5.41) is 4.48. The van der Waals surface area contributed by atoms with Crippen molar-refractivity contribution in [3.05, 3.63) is 22.4 Å². The summed E-state index contributed by atoms with van der Waals surface area (Å²) in [5.41, 5.74) is 8.31. The summed E-state index contributed by atoms with van der Waals surface area (Å²) in [6.45, 7) is 0. The fourth-order valence-corrected chi connectivity index (χ4v) is 5.05. The minimum absolute atomic E-state index is 0.0136. The van der Waals surface area contributed by atoms with Crippen LogP contribution in [0, 0.1) is 11.8 Å². The van der Waals surface area contributed by atoms with E-state index in [1.807, 2.05) is 0 Å². The van der Waals surface area contributed by atoms with Gasteiger partial charge in [-0.25, -0.2) is 0 Å². The zero-order chi connectivity index (χ0) is 12.4. The summed E-state index contributed by atoms with van der Waals surface area (Å²) in [6.07, 6.45) is 12.4. The highest BCUT2D eigenvalue weighted by Crippen LogP contribution is 2.47. The molecule has 2 N–H and O–H groups in total. The lowest BCUT2D eigenvalue weighted by molar-refractivity contribution is 0.0989. The molecule has 1 aromatic rings. The van der Waals surface area contributed by atoms with Crippen LogP contribution < -0.4 is 5.73 Å². The number of hydrogen-bond donors (Lipinski definition) is 1. The fraction of sp³-hybridized carbons (Fsp3) is 0.750. The van der Waals surface area contributed by atoms with Crippen molar-refractivity contribution in [3.8, 4) is 0 Å². The molecule has 0 aromatic carbocycles. The Morgan fingerprint density at radius 1 is 1.06 bits per heavy atom. The van der Waals surface area contributed by atoms with Gasteiger partial charge in [-0.05, 0) is 47.1 Å². The molecule has 0 spiro atoms. The van der Waals surface area contributed by atoms with Crippen LogP contribution in [0.5, 0.6) is 0 Å². The lowest BCUT2D eigenvalue weighted by Crippen LogP contribution is -2.49. The summed E-state index contributed by atoms with van der Waals surface area (Å²) >= 11 is 1.80. The van der Waals surface area contributed by atoms with Crippen LogP contribution in [0.15, 0.2) is 16.8 Å². The maximum atomic E-state index is 6.91. The van der Waals surface area contributed by atoms with E-state index in [0.29, 0.717) is 0 Å². The molecule has 2 aliphatic carbocycles. The van der Waals surface area contributed by atoms with E-state index in [1.165, 1.54) is 63.4 Å². The SMILES string of the molecule is NC1(c2ccsc2)CCCCC1C1CCCCC1. The van der Waals surface area contributed by atoms with Crippen molar-refractivity contribution in [2.45, 2.75) is 63.3 Å². The molecule has 18 heavy (non-hydrogen) atoms. The first-order valence-corrected chi connectivity index (χ1v) is 8.56. The quantitative estimate of drug-likeness (QED) is 0.824. The van der Waals surface area contributed by atoms with Crippen molar-refractivity contribution in [1.29, 1.82) is 0 Å². The smallest absolute Gasteiger partial charge is 0.0449 e. The average Bonchev–Trinajstić information content (AvgIpc) is 2.95. The molecule has 1 heterocycles. The zero-order valence-corrected chi connectivity index (χ0v) is 12.1. The lowest BCUT2D eigenvalue weighted by Gasteiger charge is -2.46. The first kappa shape index (κ1) is 12.7. The average molecular weight is 263 g/mol. The molecule has 2 unspecified atom stereocenters. The molecule has 2 heteroatoms. The third-order valence-corrected chi connectivity index (χ3v) is 5.98. The molecule has 0 bridgehead atoms. The molecule has 1 aromatic heterocycles. The Hall–Kier alpha value is -0.340. The van der Waals surface area contributed by atoms with Crippen LogP contribution in [0.4, 0.5) is 0 Å². The van der Waals surface area contributed by atoms with Crippen molar-refractivity contribution >= 4 is 11.3 Å². The summed E-state index contributed by atoms with van der Waals surface area (Å²) in [5.74, 6) is 1.63. The van der Waals surface area contributed by atoms with Crippen molar-refractivity contribution in [1.82, 2.24) is 0 Å². The van der Waals surface area contributed by atoms with Crippen LogP contribution >= 0.6 is 11.3 Å². The van der Waals surface area contributed by atoms with Crippen molar-refractivity contribution in [3.63, 3.8) is 0 Å². The molecule has 2 aliphatic rings. The predicted octanol–water partition coefficient (Wildman–Crippen LogP) is 4.67. The van der Waals surface area contributed by atoms with Crippen LogP contribution in [0.3, 0.4) is 0 Å². The summed E-state index contributed by atoms with van der Waals surface area (Å²) in [4.78, 5) is 0. The lowest BCUT2D eigenvalue weighted by atomic mass is 9.62. The van der Waals surface area contributed by atoms with Crippen LogP contribution in [-0.4, -0.2) is 0 Å². The number of nitrogens with two attached hydrogens (primary N) is 1. The molecule has 0 amide bonds. The van der Waals surface area contributed by atoms with Crippen molar-refractivity contribution in [2.75, 3.05) is 0 Å². The van der Waals surface area contributed by atoms with Gasteiger partial charge < -0.3 is 5.73 Å². The van der Waals surface area contributed by atoms with Gasteiger partial charge in [0.05, 0.1) is 0 Å². The maximum Gasteiger partial charge on any atom is 0.0449 e. The van der Waals surface area contributed by atoms with Gasteiger partial charge >= 0.3 is 0 Å². The maximum absolute atomic E-state index is 6.91. The Labute approximate surface area is 115 Å². The van der Waals surface area contributed by atoms with E-state index in [1.54, 1.807) is 11.3 Å². The second-order valence-electron chi connectivity index (χ2n) is 6.30. The molecule has 2 fully saturated rings. The highest BCUT2D eigenvalue weighted by atomic mass is 32.1. The first-order chi connectivity index (χ1) is 8.81. The Morgan fingerprint density at radius 2 is 1.83 bits per heavy atom. The number of rotatable bonds is 2. The van der Waals surface area contributed by atoms with Crippen molar-refractivity contribution < 1.29 is 0 Å². The summed E-state index contributed by atoms with van der Waals surface area (Å²) < 4.78 is 0. The molecule has 2 saturated carbocycles. The van der Waals surface area contributed by atoms with Gasteiger partial charge in [0, 0.05) is 5.54 Å². The Balaban J connectivity index is 1.85.